The van der Waals surface area contributed by atoms with Crippen LogP contribution in [0, 0.1) is 6.92 Å². The maximum absolute atomic E-state index is 4.92. The SMILES string of the molecule is Cc1ccc2nc(N3CCN(c4ccccc4)CC3)c3nncn3c2c1. The predicted molar refractivity (Wildman–Crippen MR) is 104 cm³/mol. The highest BCUT2D eigenvalue weighted by atomic mass is 15.3. The summed E-state index contributed by atoms with van der Waals surface area (Å²) in [5.41, 5.74) is 5.34. The third-order valence-electron chi connectivity index (χ3n) is 5.07. The zero-order chi connectivity index (χ0) is 17.5. The third kappa shape index (κ3) is 2.45. The van der Waals surface area contributed by atoms with Crippen LogP contribution in [0.25, 0.3) is 16.7 Å². The number of fused-ring (bicyclic) bond motifs is 3. The van der Waals surface area contributed by atoms with E-state index in [4.69, 9.17) is 4.98 Å². The molecule has 0 radical (unpaired) electrons. The summed E-state index contributed by atoms with van der Waals surface area (Å²) in [7, 11) is 0. The number of hydrogen-bond acceptors (Lipinski definition) is 5. The summed E-state index contributed by atoms with van der Waals surface area (Å²) in [6.07, 6.45) is 1.78. The number of aryl methyl sites for hydroxylation is 1. The third-order valence-corrected chi connectivity index (χ3v) is 5.07. The summed E-state index contributed by atoms with van der Waals surface area (Å²) in [6, 6.07) is 16.9. The van der Waals surface area contributed by atoms with E-state index >= 15 is 0 Å². The van der Waals surface area contributed by atoms with Gasteiger partial charge in [0.15, 0.2) is 5.82 Å². The molecule has 4 aromatic rings. The monoisotopic (exact) mass is 344 g/mol. The smallest absolute Gasteiger partial charge is 0.204 e. The molecule has 0 spiro atoms. The highest BCUT2D eigenvalue weighted by molar-refractivity contribution is 5.83. The van der Waals surface area contributed by atoms with Crippen LogP contribution in [0.15, 0.2) is 54.9 Å². The number of aromatic nitrogens is 4. The van der Waals surface area contributed by atoms with Gasteiger partial charge >= 0.3 is 0 Å². The van der Waals surface area contributed by atoms with E-state index in [2.05, 4.69) is 75.5 Å². The number of rotatable bonds is 2. The Morgan fingerprint density at radius 2 is 1.65 bits per heavy atom. The second-order valence-electron chi connectivity index (χ2n) is 6.76. The first-order chi connectivity index (χ1) is 12.8. The van der Waals surface area contributed by atoms with Gasteiger partial charge in [0.2, 0.25) is 5.65 Å². The first kappa shape index (κ1) is 15.1. The van der Waals surface area contributed by atoms with E-state index in [9.17, 15) is 0 Å². The minimum Gasteiger partial charge on any atom is -0.368 e. The van der Waals surface area contributed by atoms with E-state index in [1.807, 2.05) is 4.40 Å². The van der Waals surface area contributed by atoms with Crippen molar-refractivity contribution in [2.45, 2.75) is 6.92 Å². The first-order valence-corrected chi connectivity index (χ1v) is 8.95. The van der Waals surface area contributed by atoms with Gasteiger partial charge in [-0.15, -0.1) is 10.2 Å². The van der Waals surface area contributed by atoms with Gasteiger partial charge in [-0.1, -0.05) is 24.3 Å². The Morgan fingerprint density at radius 1 is 0.885 bits per heavy atom. The molecule has 130 valence electrons. The molecule has 6 heteroatoms. The lowest BCUT2D eigenvalue weighted by atomic mass is 10.2. The molecule has 0 saturated carbocycles. The van der Waals surface area contributed by atoms with Crippen molar-refractivity contribution in [3.63, 3.8) is 0 Å². The van der Waals surface area contributed by atoms with Gasteiger partial charge in [-0.25, -0.2) is 4.98 Å². The van der Waals surface area contributed by atoms with Crippen molar-refractivity contribution in [2.24, 2.45) is 0 Å². The summed E-state index contributed by atoms with van der Waals surface area (Å²) in [5.74, 6) is 0.923. The Labute approximate surface area is 151 Å². The van der Waals surface area contributed by atoms with Gasteiger partial charge in [0, 0.05) is 31.9 Å². The van der Waals surface area contributed by atoms with Crippen molar-refractivity contribution >= 4 is 28.2 Å². The highest BCUT2D eigenvalue weighted by Crippen LogP contribution is 2.25. The summed E-state index contributed by atoms with van der Waals surface area (Å²) < 4.78 is 2.05. The van der Waals surface area contributed by atoms with Gasteiger partial charge in [0.05, 0.1) is 11.0 Å². The highest BCUT2D eigenvalue weighted by Gasteiger charge is 2.22. The van der Waals surface area contributed by atoms with Gasteiger partial charge in [-0.05, 0) is 36.8 Å². The van der Waals surface area contributed by atoms with Crippen LogP contribution in [0.5, 0.6) is 0 Å². The molecular formula is C20H20N6. The standard InChI is InChI=1S/C20H20N6/c1-15-7-8-17-18(13-15)26-14-21-23-20(26)19(22-17)25-11-9-24(10-12-25)16-5-3-2-4-6-16/h2-8,13-14H,9-12H2,1H3. The van der Waals surface area contributed by atoms with Gasteiger partial charge in [0.1, 0.15) is 6.33 Å². The van der Waals surface area contributed by atoms with Crippen molar-refractivity contribution in [3.8, 4) is 0 Å². The average Bonchev–Trinajstić information content (AvgIpc) is 3.19. The van der Waals surface area contributed by atoms with Crippen LogP contribution in [0.1, 0.15) is 5.56 Å². The summed E-state index contributed by atoms with van der Waals surface area (Å²) >= 11 is 0. The molecule has 0 unspecified atom stereocenters. The number of anilines is 2. The van der Waals surface area contributed by atoms with Crippen LogP contribution in [-0.4, -0.2) is 45.8 Å². The van der Waals surface area contributed by atoms with E-state index in [1.165, 1.54) is 11.3 Å². The number of hydrogen-bond donors (Lipinski definition) is 0. The Balaban J connectivity index is 1.49. The number of benzene rings is 2. The largest absolute Gasteiger partial charge is 0.368 e. The summed E-state index contributed by atoms with van der Waals surface area (Å²) in [6.45, 7) is 5.87. The zero-order valence-electron chi connectivity index (χ0n) is 14.7. The molecule has 5 rings (SSSR count). The van der Waals surface area contributed by atoms with Crippen LogP contribution >= 0.6 is 0 Å². The minimum absolute atomic E-state index is 0.830. The molecule has 0 bridgehead atoms. The van der Waals surface area contributed by atoms with Crippen LogP contribution in [0.2, 0.25) is 0 Å². The number of piperazine rings is 1. The van der Waals surface area contributed by atoms with Crippen LogP contribution in [-0.2, 0) is 0 Å². The van der Waals surface area contributed by atoms with Crippen molar-refractivity contribution in [1.82, 2.24) is 19.6 Å². The number of nitrogens with zero attached hydrogens (tertiary/aromatic N) is 6. The number of para-hydroxylation sites is 1. The molecule has 1 aliphatic rings. The van der Waals surface area contributed by atoms with Crippen LogP contribution < -0.4 is 9.80 Å². The molecule has 1 fully saturated rings. The Morgan fingerprint density at radius 3 is 2.46 bits per heavy atom. The normalized spacial score (nSPS) is 15.1. The van der Waals surface area contributed by atoms with Gasteiger partial charge in [0.25, 0.3) is 0 Å². The van der Waals surface area contributed by atoms with Gasteiger partial charge in [-0.3, -0.25) is 4.40 Å². The zero-order valence-corrected chi connectivity index (χ0v) is 14.7. The molecule has 0 atom stereocenters. The fourth-order valence-corrected chi connectivity index (χ4v) is 3.68. The molecule has 0 N–H and O–H groups in total. The Hall–Kier alpha value is -3.15. The van der Waals surface area contributed by atoms with E-state index in [0.29, 0.717) is 0 Å². The second-order valence-corrected chi connectivity index (χ2v) is 6.76. The molecule has 26 heavy (non-hydrogen) atoms. The summed E-state index contributed by atoms with van der Waals surface area (Å²) in [4.78, 5) is 9.66. The van der Waals surface area contributed by atoms with E-state index < -0.39 is 0 Å². The lowest BCUT2D eigenvalue weighted by Crippen LogP contribution is -2.47. The molecule has 3 heterocycles. The van der Waals surface area contributed by atoms with E-state index in [1.54, 1.807) is 6.33 Å². The quantitative estimate of drug-likeness (QED) is 0.560. The average molecular weight is 344 g/mol. The molecule has 2 aromatic carbocycles. The van der Waals surface area contributed by atoms with E-state index in [-0.39, 0.29) is 0 Å². The maximum atomic E-state index is 4.92. The van der Waals surface area contributed by atoms with Crippen LogP contribution in [0.4, 0.5) is 11.5 Å². The van der Waals surface area contributed by atoms with Gasteiger partial charge < -0.3 is 9.80 Å². The fourth-order valence-electron chi connectivity index (χ4n) is 3.68. The van der Waals surface area contributed by atoms with Crippen molar-refractivity contribution in [3.05, 3.63) is 60.4 Å². The van der Waals surface area contributed by atoms with E-state index in [0.717, 1.165) is 48.7 Å². The lowest BCUT2D eigenvalue weighted by molar-refractivity contribution is 0.648. The molecule has 6 nitrogen and oxygen atoms in total. The van der Waals surface area contributed by atoms with Crippen molar-refractivity contribution < 1.29 is 0 Å². The molecule has 0 amide bonds. The summed E-state index contributed by atoms with van der Waals surface area (Å²) in [5, 5.41) is 8.48. The fraction of sp³-hybridized carbons (Fsp3) is 0.250. The van der Waals surface area contributed by atoms with Crippen LogP contribution in [0.3, 0.4) is 0 Å². The minimum atomic E-state index is 0.830. The maximum Gasteiger partial charge on any atom is 0.204 e. The molecular weight excluding hydrogens is 324 g/mol. The molecule has 2 aromatic heterocycles. The Kier molecular flexibility index (Phi) is 3.48. The van der Waals surface area contributed by atoms with Gasteiger partial charge in [-0.2, -0.15) is 0 Å². The predicted octanol–water partition coefficient (Wildman–Crippen LogP) is 2.91. The first-order valence-electron chi connectivity index (χ1n) is 8.95. The van der Waals surface area contributed by atoms with Crippen molar-refractivity contribution in [2.75, 3.05) is 36.0 Å². The van der Waals surface area contributed by atoms with Crippen molar-refractivity contribution in [1.29, 1.82) is 0 Å². The second kappa shape index (κ2) is 5.98. The molecule has 1 aliphatic heterocycles. The Bertz CT molecular complexity index is 1060. The lowest BCUT2D eigenvalue weighted by Gasteiger charge is -2.36. The topological polar surface area (TPSA) is 49.6 Å². The molecule has 1 saturated heterocycles. The molecule has 0 aliphatic carbocycles.